The molecule has 2 amide bonds. The molecule has 2 atom stereocenters. The average Bonchev–Trinajstić information content (AvgIpc) is 3.32. The Labute approximate surface area is 156 Å². The normalized spacial score (nSPS) is 19.3. The lowest BCUT2D eigenvalue weighted by atomic mass is 10.1. The molecule has 0 spiro atoms. The van der Waals surface area contributed by atoms with Crippen molar-refractivity contribution in [3.63, 3.8) is 0 Å². The summed E-state index contributed by atoms with van der Waals surface area (Å²) in [6.07, 6.45) is -3.67. The molecule has 1 aromatic rings. The maximum Gasteiger partial charge on any atom is 0.416 e. The van der Waals surface area contributed by atoms with Crippen LogP contribution in [0.25, 0.3) is 0 Å². The third-order valence-electron chi connectivity index (χ3n) is 4.11. The number of carbonyl (C=O) groups is 2. The molecule has 5 nitrogen and oxygen atoms in total. The summed E-state index contributed by atoms with van der Waals surface area (Å²) in [6, 6.07) is 4.97. The maximum atomic E-state index is 12.6. The molecule has 150 valence electrons. The lowest BCUT2D eigenvalue weighted by Crippen LogP contribution is -2.34. The van der Waals surface area contributed by atoms with E-state index in [9.17, 15) is 22.8 Å². The van der Waals surface area contributed by atoms with Crippen molar-refractivity contribution >= 4 is 12.0 Å². The molecular weight excluding hydrogens is 361 g/mol. The summed E-state index contributed by atoms with van der Waals surface area (Å²) in [5, 5.41) is 5.40. The summed E-state index contributed by atoms with van der Waals surface area (Å²) in [6.45, 7) is 6.10. The first-order chi connectivity index (χ1) is 12.5. The zero-order valence-corrected chi connectivity index (χ0v) is 15.7. The summed E-state index contributed by atoms with van der Waals surface area (Å²) in [5.74, 6) is -0.357. The van der Waals surface area contributed by atoms with E-state index in [4.69, 9.17) is 4.74 Å². The van der Waals surface area contributed by atoms with Gasteiger partial charge in [0.1, 0.15) is 5.60 Å². The molecule has 0 bridgehead atoms. The molecular formula is C19H25F3N2O3. The molecule has 0 heterocycles. The van der Waals surface area contributed by atoms with Crippen LogP contribution in [0.5, 0.6) is 0 Å². The molecule has 2 N–H and O–H groups in total. The summed E-state index contributed by atoms with van der Waals surface area (Å²) < 4.78 is 42.8. The maximum absolute atomic E-state index is 12.6. The van der Waals surface area contributed by atoms with Gasteiger partial charge in [0.25, 0.3) is 0 Å². The minimum Gasteiger partial charge on any atom is -0.444 e. The molecule has 27 heavy (non-hydrogen) atoms. The highest BCUT2D eigenvalue weighted by Gasteiger charge is 2.44. The summed E-state index contributed by atoms with van der Waals surface area (Å²) in [4.78, 5) is 23.6. The van der Waals surface area contributed by atoms with Gasteiger partial charge in [-0.05, 0) is 57.2 Å². The van der Waals surface area contributed by atoms with Crippen molar-refractivity contribution in [1.29, 1.82) is 0 Å². The SMILES string of the molecule is CC(C)(C)OC(=O)NCCCNC(=O)C1CC1c1ccc(C(F)(F)F)cc1. The summed E-state index contributed by atoms with van der Waals surface area (Å²) >= 11 is 0. The highest BCUT2D eigenvalue weighted by Crippen LogP contribution is 2.47. The smallest absolute Gasteiger partial charge is 0.416 e. The van der Waals surface area contributed by atoms with Crippen molar-refractivity contribution in [3.05, 3.63) is 35.4 Å². The Morgan fingerprint density at radius 2 is 1.67 bits per heavy atom. The predicted octanol–water partition coefficient (Wildman–Crippen LogP) is 3.84. The topological polar surface area (TPSA) is 67.4 Å². The van der Waals surface area contributed by atoms with Gasteiger partial charge in [0, 0.05) is 19.0 Å². The largest absolute Gasteiger partial charge is 0.444 e. The Hall–Kier alpha value is -2.25. The minimum atomic E-state index is -4.35. The van der Waals surface area contributed by atoms with Crippen LogP contribution in [-0.4, -0.2) is 30.7 Å². The van der Waals surface area contributed by atoms with Crippen LogP contribution in [0.2, 0.25) is 0 Å². The zero-order valence-electron chi connectivity index (χ0n) is 15.7. The van der Waals surface area contributed by atoms with Gasteiger partial charge in [-0.1, -0.05) is 12.1 Å². The highest BCUT2D eigenvalue weighted by atomic mass is 19.4. The van der Waals surface area contributed by atoms with Crippen molar-refractivity contribution in [2.24, 2.45) is 5.92 Å². The molecule has 0 radical (unpaired) electrons. The first-order valence-electron chi connectivity index (χ1n) is 8.89. The van der Waals surface area contributed by atoms with Gasteiger partial charge in [-0.15, -0.1) is 0 Å². The van der Waals surface area contributed by atoms with Crippen molar-refractivity contribution in [1.82, 2.24) is 10.6 Å². The second-order valence-electron chi connectivity index (χ2n) is 7.64. The summed E-state index contributed by atoms with van der Waals surface area (Å²) in [5.41, 5.74) is -0.502. The van der Waals surface area contributed by atoms with E-state index in [1.807, 2.05) is 0 Å². The van der Waals surface area contributed by atoms with E-state index in [0.717, 1.165) is 17.7 Å². The van der Waals surface area contributed by atoms with Crippen LogP contribution in [0, 0.1) is 5.92 Å². The summed E-state index contributed by atoms with van der Waals surface area (Å²) in [7, 11) is 0. The number of benzene rings is 1. The molecule has 0 aromatic heterocycles. The van der Waals surface area contributed by atoms with Gasteiger partial charge >= 0.3 is 12.3 Å². The number of carbonyl (C=O) groups excluding carboxylic acids is 2. The van der Waals surface area contributed by atoms with Gasteiger partial charge in [-0.25, -0.2) is 4.79 Å². The van der Waals surface area contributed by atoms with E-state index in [1.54, 1.807) is 20.8 Å². The molecule has 1 aromatic carbocycles. The third kappa shape index (κ3) is 6.77. The predicted molar refractivity (Wildman–Crippen MR) is 94.2 cm³/mol. The fraction of sp³-hybridized carbons (Fsp3) is 0.579. The van der Waals surface area contributed by atoms with Gasteiger partial charge < -0.3 is 15.4 Å². The minimum absolute atomic E-state index is 0.0350. The van der Waals surface area contributed by atoms with Crippen LogP contribution >= 0.6 is 0 Å². The number of hydrogen-bond donors (Lipinski definition) is 2. The average molecular weight is 386 g/mol. The lowest BCUT2D eigenvalue weighted by molar-refractivity contribution is -0.137. The Balaban J connectivity index is 1.66. The lowest BCUT2D eigenvalue weighted by Gasteiger charge is -2.19. The number of halogens is 3. The first-order valence-corrected chi connectivity index (χ1v) is 8.89. The number of nitrogens with one attached hydrogen (secondary N) is 2. The van der Waals surface area contributed by atoms with Crippen LogP contribution in [-0.2, 0) is 15.7 Å². The van der Waals surface area contributed by atoms with Crippen LogP contribution in [0.3, 0.4) is 0 Å². The molecule has 2 rings (SSSR count). The molecule has 0 saturated heterocycles. The Morgan fingerprint density at radius 1 is 1.07 bits per heavy atom. The van der Waals surface area contributed by atoms with Gasteiger partial charge in [-0.3, -0.25) is 4.79 Å². The highest BCUT2D eigenvalue weighted by molar-refractivity contribution is 5.82. The number of alkyl halides is 3. The molecule has 8 heteroatoms. The molecule has 0 aliphatic heterocycles. The van der Waals surface area contributed by atoms with E-state index in [0.29, 0.717) is 25.9 Å². The monoisotopic (exact) mass is 386 g/mol. The molecule has 1 aliphatic carbocycles. The molecule has 1 aliphatic rings. The van der Waals surface area contributed by atoms with Gasteiger partial charge in [-0.2, -0.15) is 13.2 Å². The second kappa shape index (κ2) is 8.19. The van der Waals surface area contributed by atoms with Gasteiger partial charge in [0.05, 0.1) is 5.56 Å². The number of hydrogen-bond acceptors (Lipinski definition) is 3. The Kier molecular flexibility index (Phi) is 6.38. The molecule has 1 saturated carbocycles. The van der Waals surface area contributed by atoms with Gasteiger partial charge in [0.2, 0.25) is 5.91 Å². The van der Waals surface area contributed by atoms with E-state index >= 15 is 0 Å². The van der Waals surface area contributed by atoms with E-state index in [1.165, 1.54) is 12.1 Å². The van der Waals surface area contributed by atoms with Crippen LogP contribution in [0.1, 0.15) is 50.7 Å². The van der Waals surface area contributed by atoms with Crippen LogP contribution in [0.4, 0.5) is 18.0 Å². The number of amides is 2. The van der Waals surface area contributed by atoms with Crippen LogP contribution < -0.4 is 10.6 Å². The second-order valence-corrected chi connectivity index (χ2v) is 7.64. The first kappa shape index (κ1) is 21.1. The Morgan fingerprint density at radius 3 is 2.22 bits per heavy atom. The van der Waals surface area contributed by atoms with Crippen molar-refractivity contribution in [2.45, 2.75) is 51.3 Å². The van der Waals surface area contributed by atoms with E-state index in [-0.39, 0.29) is 17.7 Å². The number of alkyl carbamates (subject to hydrolysis) is 1. The fourth-order valence-corrected chi connectivity index (χ4v) is 2.71. The van der Waals surface area contributed by atoms with E-state index in [2.05, 4.69) is 10.6 Å². The third-order valence-corrected chi connectivity index (χ3v) is 4.11. The van der Waals surface area contributed by atoms with E-state index < -0.39 is 23.4 Å². The Bertz CT molecular complexity index is 666. The van der Waals surface area contributed by atoms with Crippen LogP contribution in [0.15, 0.2) is 24.3 Å². The number of ether oxygens (including phenoxy) is 1. The van der Waals surface area contributed by atoms with Crippen molar-refractivity contribution in [2.75, 3.05) is 13.1 Å². The standard InChI is InChI=1S/C19H25F3N2O3/c1-18(2,3)27-17(26)24-10-4-9-23-16(25)15-11-14(15)12-5-7-13(8-6-12)19(20,21)22/h5-8,14-15H,4,9-11H2,1-3H3,(H,23,25)(H,24,26). The molecule has 1 fully saturated rings. The van der Waals surface area contributed by atoms with Gasteiger partial charge in [0.15, 0.2) is 0 Å². The fourth-order valence-electron chi connectivity index (χ4n) is 2.71. The van der Waals surface area contributed by atoms with Crippen molar-refractivity contribution < 1.29 is 27.5 Å². The number of rotatable bonds is 6. The zero-order chi connectivity index (χ0) is 20.2. The molecule has 2 unspecified atom stereocenters. The quantitative estimate of drug-likeness (QED) is 0.730. The van der Waals surface area contributed by atoms with Crippen molar-refractivity contribution in [3.8, 4) is 0 Å².